The second kappa shape index (κ2) is 10.1. The fourth-order valence-corrected chi connectivity index (χ4v) is 2.92. The van der Waals surface area contributed by atoms with Gasteiger partial charge >= 0.3 is 6.18 Å². The summed E-state index contributed by atoms with van der Waals surface area (Å²) >= 11 is 0. The third kappa shape index (κ3) is 7.40. The van der Waals surface area contributed by atoms with Gasteiger partial charge in [0.1, 0.15) is 17.9 Å². The lowest BCUT2D eigenvalue weighted by atomic mass is 10.0. The number of hydrogen-bond donors (Lipinski definition) is 3. The molecule has 166 valence electrons. The third-order valence-corrected chi connectivity index (χ3v) is 4.40. The SMILES string of the molecule is CC(=O)N[C@@H](Cc1ccc(F)cc1)C(=O)N[C@H](Cc1cccc(C(F)(F)F)c1)C(N)=O. The lowest BCUT2D eigenvalue weighted by Crippen LogP contribution is -2.54. The Labute approximate surface area is 175 Å². The molecule has 31 heavy (non-hydrogen) atoms. The predicted molar refractivity (Wildman–Crippen MR) is 104 cm³/mol. The molecule has 2 aromatic carbocycles. The molecule has 0 fully saturated rings. The lowest BCUT2D eigenvalue weighted by molar-refractivity contribution is -0.137. The van der Waals surface area contributed by atoms with E-state index in [9.17, 15) is 31.9 Å². The Balaban J connectivity index is 2.17. The van der Waals surface area contributed by atoms with Crippen LogP contribution in [0.2, 0.25) is 0 Å². The quantitative estimate of drug-likeness (QED) is 0.549. The maximum atomic E-state index is 13.1. The second-order valence-corrected chi connectivity index (χ2v) is 6.95. The molecule has 4 N–H and O–H groups in total. The fourth-order valence-electron chi connectivity index (χ4n) is 2.92. The average molecular weight is 439 g/mol. The normalized spacial score (nSPS) is 13.2. The van der Waals surface area contributed by atoms with Gasteiger partial charge in [-0.05, 0) is 29.3 Å². The van der Waals surface area contributed by atoms with Crippen LogP contribution in [0.4, 0.5) is 17.6 Å². The minimum absolute atomic E-state index is 0.000728. The highest BCUT2D eigenvalue weighted by molar-refractivity contribution is 5.91. The van der Waals surface area contributed by atoms with Gasteiger partial charge in [-0.2, -0.15) is 13.2 Å². The van der Waals surface area contributed by atoms with Gasteiger partial charge in [0.05, 0.1) is 5.56 Å². The molecule has 3 amide bonds. The molecule has 6 nitrogen and oxygen atoms in total. The molecule has 2 rings (SSSR count). The Morgan fingerprint density at radius 2 is 1.55 bits per heavy atom. The second-order valence-electron chi connectivity index (χ2n) is 6.95. The van der Waals surface area contributed by atoms with Crippen LogP contribution in [-0.4, -0.2) is 29.8 Å². The summed E-state index contributed by atoms with van der Waals surface area (Å²) in [6.07, 6.45) is -4.83. The van der Waals surface area contributed by atoms with Crippen LogP contribution in [0.1, 0.15) is 23.6 Å². The van der Waals surface area contributed by atoms with Crippen molar-refractivity contribution in [3.8, 4) is 0 Å². The van der Waals surface area contributed by atoms with E-state index in [0.29, 0.717) is 5.56 Å². The fraction of sp³-hybridized carbons (Fsp3) is 0.286. The maximum Gasteiger partial charge on any atom is 0.416 e. The van der Waals surface area contributed by atoms with E-state index >= 15 is 0 Å². The summed E-state index contributed by atoms with van der Waals surface area (Å²) in [6.45, 7) is 1.19. The zero-order valence-corrected chi connectivity index (χ0v) is 16.5. The van der Waals surface area contributed by atoms with Gasteiger partial charge < -0.3 is 16.4 Å². The first-order chi connectivity index (χ1) is 14.5. The van der Waals surface area contributed by atoms with Gasteiger partial charge in [-0.25, -0.2) is 4.39 Å². The van der Waals surface area contributed by atoms with Crippen molar-refractivity contribution in [3.63, 3.8) is 0 Å². The van der Waals surface area contributed by atoms with Crippen LogP contribution in [0.25, 0.3) is 0 Å². The molecular weight excluding hydrogens is 418 g/mol. The molecule has 0 spiro atoms. The summed E-state index contributed by atoms with van der Waals surface area (Å²) in [5, 5.41) is 4.81. The molecule has 0 saturated carbocycles. The Hall–Kier alpha value is -3.43. The number of primary amides is 1. The molecule has 0 aliphatic carbocycles. The summed E-state index contributed by atoms with van der Waals surface area (Å²) in [5.41, 5.74) is 5.12. The molecule has 0 aliphatic rings. The van der Waals surface area contributed by atoms with Crippen LogP contribution in [0.15, 0.2) is 48.5 Å². The highest BCUT2D eigenvalue weighted by Crippen LogP contribution is 2.29. The van der Waals surface area contributed by atoms with Gasteiger partial charge in [-0.15, -0.1) is 0 Å². The number of hydrogen-bond acceptors (Lipinski definition) is 3. The van der Waals surface area contributed by atoms with E-state index in [2.05, 4.69) is 10.6 Å². The van der Waals surface area contributed by atoms with Crippen LogP contribution in [0, 0.1) is 5.82 Å². The van der Waals surface area contributed by atoms with Gasteiger partial charge in [0, 0.05) is 19.8 Å². The first kappa shape index (κ1) is 23.8. The molecule has 0 aromatic heterocycles. The summed E-state index contributed by atoms with van der Waals surface area (Å²) in [5.74, 6) is -2.70. The predicted octanol–water partition coefficient (Wildman–Crippen LogP) is 2.10. The van der Waals surface area contributed by atoms with E-state index in [1.165, 1.54) is 43.3 Å². The molecule has 2 aromatic rings. The molecule has 2 atom stereocenters. The van der Waals surface area contributed by atoms with Crippen molar-refractivity contribution in [1.82, 2.24) is 10.6 Å². The molecule has 0 bridgehead atoms. The Morgan fingerprint density at radius 3 is 2.10 bits per heavy atom. The number of carbonyl (C=O) groups is 3. The van der Waals surface area contributed by atoms with Gasteiger partial charge in [0.15, 0.2) is 0 Å². The zero-order chi connectivity index (χ0) is 23.2. The number of nitrogens with two attached hydrogens (primary N) is 1. The Morgan fingerprint density at radius 1 is 0.935 bits per heavy atom. The van der Waals surface area contributed by atoms with Gasteiger partial charge in [0.2, 0.25) is 17.7 Å². The molecule has 0 saturated heterocycles. The Kier molecular flexibility index (Phi) is 7.73. The van der Waals surface area contributed by atoms with Crippen LogP contribution in [0.3, 0.4) is 0 Å². The molecule has 0 heterocycles. The van der Waals surface area contributed by atoms with Crippen molar-refractivity contribution >= 4 is 17.7 Å². The number of halogens is 4. The third-order valence-electron chi connectivity index (χ3n) is 4.40. The van der Waals surface area contributed by atoms with E-state index in [4.69, 9.17) is 5.73 Å². The van der Waals surface area contributed by atoms with E-state index in [1.807, 2.05) is 0 Å². The highest BCUT2D eigenvalue weighted by Gasteiger charge is 2.31. The summed E-state index contributed by atoms with van der Waals surface area (Å²) in [4.78, 5) is 36.0. The van der Waals surface area contributed by atoms with Crippen LogP contribution in [0.5, 0.6) is 0 Å². The van der Waals surface area contributed by atoms with E-state index in [1.54, 1.807) is 0 Å². The average Bonchev–Trinajstić information content (AvgIpc) is 2.67. The lowest BCUT2D eigenvalue weighted by Gasteiger charge is -2.22. The summed E-state index contributed by atoms with van der Waals surface area (Å²) in [7, 11) is 0. The van der Waals surface area contributed by atoms with Gasteiger partial charge in [-0.3, -0.25) is 14.4 Å². The van der Waals surface area contributed by atoms with Crippen molar-refractivity contribution in [3.05, 3.63) is 71.0 Å². The highest BCUT2D eigenvalue weighted by atomic mass is 19.4. The first-order valence-corrected chi connectivity index (χ1v) is 9.23. The molecular formula is C21H21F4N3O3. The monoisotopic (exact) mass is 439 g/mol. The Bertz CT molecular complexity index is 946. The minimum Gasteiger partial charge on any atom is -0.368 e. The van der Waals surface area contributed by atoms with Crippen molar-refractivity contribution in [2.24, 2.45) is 5.73 Å². The summed E-state index contributed by atoms with van der Waals surface area (Å²) in [6, 6.07) is 7.16. The number of rotatable bonds is 8. The largest absolute Gasteiger partial charge is 0.416 e. The van der Waals surface area contributed by atoms with Crippen molar-refractivity contribution in [2.75, 3.05) is 0 Å². The van der Waals surface area contributed by atoms with Gasteiger partial charge in [0.25, 0.3) is 0 Å². The standard InChI is InChI=1S/C21H21F4N3O3/c1-12(29)27-18(10-13-5-7-16(22)8-6-13)20(31)28-17(19(26)30)11-14-3-2-4-15(9-14)21(23,24)25/h2-9,17-18H,10-11H2,1H3,(H2,26,30)(H,27,29)(H,28,31)/t17-,18+/m1/s1. The zero-order valence-electron chi connectivity index (χ0n) is 16.5. The number of nitrogens with one attached hydrogen (secondary N) is 2. The molecule has 10 heteroatoms. The summed E-state index contributed by atoms with van der Waals surface area (Å²) < 4.78 is 51.8. The number of carbonyl (C=O) groups excluding carboxylic acids is 3. The smallest absolute Gasteiger partial charge is 0.368 e. The van der Waals surface area contributed by atoms with E-state index in [-0.39, 0.29) is 18.4 Å². The van der Waals surface area contributed by atoms with Crippen LogP contribution >= 0.6 is 0 Å². The van der Waals surface area contributed by atoms with E-state index < -0.39 is 47.4 Å². The van der Waals surface area contributed by atoms with Gasteiger partial charge in [-0.1, -0.05) is 30.3 Å². The minimum atomic E-state index is -4.56. The first-order valence-electron chi connectivity index (χ1n) is 9.23. The number of alkyl halides is 3. The topological polar surface area (TPSA) is 101 Å². The number of benzene rings is 2. The van der Waals surface area contributed by atoms with Crippen molar-refractivity contribution < 1.29 is 31.9 Å². The van der Waals surface area contributed by atoms with Crippen molar-refractivity contribution in [1.29, 1.82) is 0 Å². The maximum absolute atomic E-state index is 13.1. The van der Waals surface area contributed by atoms with Crippen LogP contribution < -0.4 is 16.4 Å². The number of amides is 3. The van der Waals surface area contributed by atoms with Crippen molar-refractivity contribution in [2.45, 2.75) is 38.0 Å². The van der Waals surface area contributed by atoms with E-state index in [0.717, 1.165) is 12.1 Å². The molecule has 0 unspecified atom stereocenters. The molecule has 0 radical (unpaired) electrons. The molecule has 0 aliphatic heterocycles. The van der Waals surface area contributed by atoms with Crippen LogP contribution in [-0.2, 0) is 33.4 Å².